The molecule has 3 heterocycles. The van der Waals surface area contributed by atoms with E-state index in [2.05, 4.69) is 39.8 Å². The number of benzene rings is 1. The van der Waals surface area contributed by atoms with E-state index in [0.717, 1.165) is 50.4 Å². The lowest BCUT2D eigenvalue weighted by atomic mass is 9.74. The van der Waals surface area contributed by atoms with Crippen LogP contribution in [-0.2, 0) is 10.2 Å². The molecule has 1 aromatic carbocycles. The van der Waals surface area contributed by atoms with Gasteiger partial charge in [0.2, 0.25) is 0 Å². The highest BCUT2D eigenvalue weighted by atomic mass is 19.1. The van der Waals surface area contributed by atoms with Gasteiger partial charge in [-0.1, -0.05) is 19.1 Å². The molecule has 0 radical (unpaired) electrons. The van der Waals surface area contributed by atoms with Gasteiger partial charge in [-0.2, -0.15) is 0 Å². The Bertz CT molecular complexity index is 845. The van der Waals surface area contributed by atoms with Crippen LogP contribution in [0.25, 0.3) is 0 Å². The van der Waals surface area contributed by atoms with Gasteiger partial charge in [-0.25, -0.2) is 9.37 Å². The summed E-state index contributed by atoms with van der Waals surface area (Å²) in [7, 11) is 0. The number of hydrogen-bond acceptors (Lipinski definition) is 3. The molecule has 0 saturated carbocycles. The van der Waals surface area contributed by atoms with E-state index in [4.69, 9.17) is 9.73 Å². The summed E-state index contributed by atoms with van der Waals surface area (Å²) in [4.78, 5) is 11.8. The smallest absolute Gasteiger partial charge is 0.194 e. The van der Waals surface area contributed by atoms with Gasteiger partial charge in [0.1, 0.15) is 5.82 Å². The Balaban J connectivity index is 1.56. The lowest BCUT2D eigenvalue weighted by Gasteiger charge is -2.40. The molecule has 31 heavy (non-hydrogen) atoms. The number of nitrogens with one attached hydrogen (secondary N) is 1. The normalized spacial score (nSPS) is 24.2. The molecule has 2 unspecified atom stereocenters. The molecule has 6 nitrogen and oxygen atoms in total. The van der Waals surface area contributed by atoms with E-state index in [9.17, 15) is 4.39 Å². The molecule has 0 bridgehead atoms. The van der Waals surface area contributed by atoms with Crippen molar-refractivity contribution >= 4 is 5.96 Å². The van der Waals surface area contributed by atoms with Crippen LogP contribution in [0.5, 0.6) is 0 Å². The molecule has 4 rings (SSSR count). The molecule has 0 aliphatic carbocycles. The minimum Gasteiger partial charge on any atom is -0.381 e. The van der Waals surface area contributed by atoms with Gasteiger partial charge >= 0.3 is 0 Å². The van der Waals surface area contributed by atoms with E-state index in [-0.39, 0.29) is 11.2 Å². The van der Waals surface area contributed by atoms with Crippen molar-refractivity contribution in [2.24, 2.45) is 10.9 Å². The Hall–Kier alpha value is -2.41. The summed E-state index contributed by atoms with van der Waals surface area (Å²) in [6, 6.07) is 7.34. The zero-order valence-corrected chi connectivity index (χ0v) is 18.6. The molecule has 1 aromatic heterocycles. The Morgan fingerprint density at radius 3 is 2.74 bits per heavy atom. The number of ether oxygens (including phenoxy) is 1. The monoisotopic (exact) mass is 427 g/mol. The third-order valence-corrected chi connectivity index (χ3v) is 6.90. The maximum atomic E-state index is 13.5. The Labute approximate surface area is 184 Å². The molecule has 0 amide bonds. The predicted molar refractivity (Wildman–Crippen MR) is 121 cm³/mol. The first-order chi connectivity index (χ1) is 15.1. The van der Waals surface area contributed by atoms with E-state index < -0.39 is 0 Å². The van der Waals surface area contributed by atoms with Gasteiger partial charge in [-0.15, -0.1) is 0 Å². The summed E-state index contributed by atoms with van der Waals surface area (Å²) in [5.74, 6) is 1.36. The van der Waals surface area contributed by atoms with Crippen LogP contribution < -0.4 is 5.32 Å². The molecular formula is C24H34FN5O. The van der Waals surface area contributed by atoms with Crippen molar-refractivity contribution in [2.45, 2.75) is 44.6 Å². The maximum absolute atomic E-state index is 13.5. The van der Waals surface area contributed by atoms with Crippen molar-refractivity contribution < 1.29 is 9.13 Å². The standard InChI is InChI=1S/C24H34FN5O/c1-3-27-23(29-12-8-19(2)22(16-29)30-13-11-26-18-30)28-17-24(9-14-31-15-10-24)20-4-6-21(25)7-5-20/h4-7,11,13,18-19,22H,3,8-10,12,14-17H2,1-2H3,(H,27,28). The van der Waals surface area contributed by atoms with E-state index >= 15 is 0 Å². The first-order valence-corrected chi connectivity index (χ1v) is 11.5. The fraction of sp³-hybridized carbons (Fsp3) is 0.583. The third-order valence-electron chi connectivity index (χ3n) is 6.90. The number of piperidine rings is 1. The zero-order chi connectivity index (χ0) is 21.7. The van der Waals surface area contributed by atoms with Crippen molar-refractivity contribution in [3.63, 3.8) is 0 Å². The number of likely N-dealkylation sites (tertiary alicyclic amines) is 1. The van der Waals surface area contributed by atoms with Gasteiger partial charge in [-0.05, 0) is 49.8 Å². The Kier molecular flexibility index (Phi) is 6.90. The van der Waals surface area contributed by atoms with Gasteiger partial charge in [0.05, 0.1) is 18.9 Å². The van der Waals surface area contributed by atoms with Gasteiger partial charge in [0.15, 0.2) is 5.96 Å². The second kappa shape index (κ2) is 9.81. The number of rotatable bonds is 5. The largest absolute Gasteiger partial charge is 0.381 e. The van der Waals surface area contributed by atoms with E-state index in [0.29, 0.717) is 31.7 Å². The van der Waals surface area contributed by atoms with Crippen molar-refractivity contribution in [1.29, 1.82) is 0 Å². The molecule has 2 saturated heterocycles. The molecule has 2 aliphatic rings. The maximum Gasteiger partial charge on any atom is 0.194 e. The topological polar surface area (TPSA) is 54.7 Å². The van der Waals surface area contributed by atoms with Crippen LogP contribution in [-0.4, -0.2) is 59.8 Å². The Morgan fingerprint density at radius 2 is 2.06 bits per heavy atom. The number of nitrogens with zero attached hydrogens (tertiary/aromatic N) is 4. The number of hydrogen-bond donors (Lipinski definition) is 1. The fourth-order valence-electron chi connectivity index (χ4n) is 4.85. The van der Waals surface area contributed by atoms with Crippen molar-refractivity contribution in [2.75, 3.05) is 39.4 Å². The summed E-state index contributed by atoms with van der Waals surface area (Å²) >= 11 is 0. The van der Waals surface area contributed by atoms with Crippen LogP contribution in [0.2, 0.25) is 0 Å². The molecule has 1 N–H and O–H groups in total. The second-order valence-corrected chi connectivity index (χ2v) is 8.86. The average Bonchev–Trinajstić information content (AvgIpc) is 3.33. The van der Waals surface area contributed by atoms with Gasteiger partial charge < -0.3 is 19.5 Å². The van der Waals surface area contributed by atoms with Crippen molar-refractivity contribution in [1.82, 2.24) is 19.8 Å². The zero-order valence-electron chi connectivity index (χ0n) is 18.6. The molecular weight excluding hydrogens is 393 g/mol. The highest BCUT2D eigenvalue weighted by Gasteiger charge is 2.35. The number of aromatic nitrogens is 2. The van der Waals surface area contributed by atoms with Gasteiger partial charge in [0, 0.05) is 50.7 Å². The quantitative estimate of drug-likeness (QED) is 0.585. The highest BCUT2D eigenvalue weighted by Crippen LogP contribution is 2.35. The van der Waals surface area contributed by atoms with Gasteiger partial charge in [0.25, 0.3) is 0 Å². The van der Waals surface area contributed by atoms with Crippen molar-refractivity contribution in [3.8, 4) is 0 Å². The molecule has 168 valence electrons. The Morgan fingerprint density at radius 1 is 1.29 bits per heavy atom. The summed E-state index contributed by atoms with van der Waals surface area (Å²) in [5.41, 5.74) is 1.04. The number of aliphatic imine (C=N–C) groups is 1. The lowest BCUT2D eigenvalue weighted by molar-refractivity contribution is 0.0529. The summed E-state index contributed by atoms with van der Waals surface area (Å²) < 4.78 is 21.4. The van der Waals surface area contributed by atoms with Crippen molar-refractivity contribution in [3.05, 3.63) is 54.4 Å². The SMILES string of the molecule is CCNC(=NCC1(c2ccc(F)cc2)CCOCC1)N1CCC(C)C(n2ccnc2)C1. The molecule has 2 fully saturated rings. The average molecular weight is 428 g/mol. The van der Waals surface area contributed by atoms with Crippen LogP contribution in [0.4, 0.5) is 4.39 Å². The second-order valence-electron chi connectivity index (χ2n) is 8.86. The fourth-order valence-corrected chi connectivity index (χ4v) is 4.85. The predicted octanol–water partition coefficient (Wildman–Crippen LogP) is 3.62. The van der Waals surface area contributed by atoms with E-state index in [1.165, 1.54) is 0 Å². The molecule has 2 aromatic rings. The van der Waals surface area contributed by atoms with E-state index in [1.807, 2.05) is 24.7 Å². The van der Waals surface area contributed by atoms with Crippen LogP contribution >= 0.6 is 0 Å². The van der Waals surface area contributed by atoms with Crippen LogP contribution in [0.15, 0.2) is 48.0 Å². The summed E-state index contributed by atoms with van der Waals surface area (Å²) in [6.45, 7) is 9.26. The molecule has 0 spiro atoms. The molecule has 2 atom stereocenters. The van der Waals surface area contributed by atoms with Crippen LogP contribution in [0.3, 0.4) is 0 Å². The van der Waals surface area contributed by atoms with Gasteiger partial charge in [-0.3, -0.25) is 4.99 Å². The van der Waals surface area contributed by atoms with Crippen LogP contribution in [0, 0.1) is 11.7 Å². The molecule has 7 heteroatoms. The third kappa shape index (κ3) is 4.92. The molecule has 2 aliphatic heterocycles. The van der Waals surface area contributed by atoms with Crippen LogP contribution in [0.1, 0.15) is 44.7 Å². The van der Waals surface area contributed by atoms with E-state index in [1.54, 1.807) is 12.1 Å². The summed E-state index contributed by atoms with van der Waals surface area (Å²) in [6.07, 6.45) is 8.74. The highest BCUT2D eigenvalue weighted by molar-refractivity contribution is 5.80. The first-order valence-electron chi connectivity index (χ1n) is 11.5. The minimum atomic E-state index is -0.198. The minimum absolute atomic E-state index is 0.112. The number of imidazole rings is 1. The summed E-state index contributed by atoms with van der Waals surface area (Å²) in [5, 5.41) is 3.51. The number of halogens is 1. The first kappa shape index (κ1) is 21.8. The number of guanidine groups is 1. The lowest BCUT2D eigenvalue weighted by Crippen LogP contribution is -2.49.